The molecule has 3 nitrogen and oxygen atoms in total. The molecule has 0 spiro atoms. The van der Waals surface area contributed by atoms with E-state index in [1.54, 1.807) is 22.9 Å². The standard InChI is InChI=1S/C13H11ClN2O/c14-11-4-3-10(8-17)13(7-11)16-6-5-12(15-16)9-1-2-9/h3-9H,1-2H2. The van der Waals surface area contributed by atoms with Crippen molar-refractivity contribution >= 4 is 17.9 Å². The number of carbonyl (C=O) groups excluding carboxylic acids is 1. The van der Waals surface area contributed by atoms with Gasteiger partial charge in [-0.2, -0.15) is 5.10 Å². The number of rotatable bonds is 3. The van der Waals surface area contributed by atoms with Crippen LogP contribution in [0.3, 0.4) is 0 Å². The number of nitrogens with zero attached hydrogens (tertiary/aromatic N) is 2. The van der Waals surface area contributed by atoms with E-state index in [0.29, 0.717) is 16.5 Å². The molecule has 4 heteroatoms. The highest BCUT2D eigenvalue weighted by molar-refractivity contribution is 6.30. The average Bonchev–Trinajstić information content (AvgIpc) is 3.07. The summed E-state index contributed by atoms with van der Waals surface area (Å²) >= 11 is 5.95. The first-order valence-corrected chi connectivity index (χ1v) is 5.96. The Kier molecular flexibility index (Phi) is 2.48. The smallest absolute Gasteiger partial charge is 0.152 e. The Morgan fingerprint density at radius 1 is 1.35 bits per heavy atom. The van der Waals surface area contributed by atoms with E-state index >= 15 is 0 Å². The maximum atomic E-state index is 11.0. The first kappa shape index (κ1) is 10.5. The SMILES string of the molecule is O=Cc1ccc(Cl)cc1-n1ccc(C2CC2)n1. The third-order valence-electron chi connectivity index (χ3n) is 2.97. The molecule has 1 saturated carbocycles. The summed E-state index contributed by atoms with van der Waals surface area (Å²) in [5, 5.41) is 5.10. The van der Waals surface area contributed by atoms with Crippen LogP contribution >= 0.6 is 11.6 Å². The lowest BCUT2D eigenvalue weighted by atomic mass is 10.2. The monoisotopic (exact) mass is 246 g/mol. The molecule has 1 aliphatic rings. The van der Waals surface area contributed by atoms with Crippen LogP contribution in [0.2, 0.25) is 5.02 Å². The van der Waals surface area contributed by atoms with E-state index in [1.807, 2.05) is 12.3 Å². The van der Waals surface area contributed by atoms with E-state index in [4.69, 9.17) is 11.6 Å². The molecule has 0 radical (unpaired) electrons. The van der Waals surface area contributed by atoms with E-state index in [2.05, 4.69) is 5.10 Å². The van der Waals surface area contributed by atoms with Gasteiger partial charge in [0, 0.05) is 22.7 Å². The van der Waals surface area contributed by atoms with Gasteiger partial charge < -0.3 is 0 Å². The molecule has 2 aromatic rings. The fraction of sp³-hybridized carbons (Fsp3) is 0.231. The zero-order valence-electron chi connectivity index (χ0n) is 9.14. The normalized spacial score (nSPS) is 14.9. The molecule has 0 unspecified atom stereocenters. The minimum Gasteiger partial charge on any atom is -0.298 e. The second-order valence-corrected chi connectivity index (χ2v) is 4.72. The minimum absolute atomic E-state index is 0.597. The molecule has 1 fully saturated rings. The van der Waals surface area contributed by atoms with Crippen molar-refractivity contribution in [3.63, 3.8) is 0 Å². The van der Waals surface area contributed by atoms with Crippen molar-refractivity contribution in [2.75, 3.05) is 0 Å². The zero-order valence-corrected chi connectivity index (χ0v) is 9.89. The Morgan fingerprint density at radius 3 is 2.88 bits per heavy atom. The van der Waals surface area contributed by atoms with Gasteiger partial charge >= 0.3 is 0 Å². The number of benzene rings is 1. The average molecular weight is 247 g/mol. The summed E-state index contributed by atoms with van der Waals surface area (Å²) in [6.07, 6.45) is 5.14. The Bertz CT molecular complexity index is 573. The van der Waals surface area contributed by atoms with Crippen LogP contribution in [0.1, 0.15) is 34.8 Å². The summed E-state index contributed by atoms with van der Waals surface area (Å²) in [6, 6.07) is 7.19. The zero-order chi connectivity index (χ0) is 11.8. The molecule has 17 heavy (non-hydrogen) atoms. The van der Waals surface area contributed by atoms with Crippen molar-refractivity contribution in [3.05, 3.63) is 46.7 Å². The van der Waals surface area contributed by atoms with Crippen molar-refractivity contribution in [3.8, 4) is 5.69 Å². The summed E-state index contributed by atoms with van der Waals surface area (Å²) in [6.45, 7) is 0. The molecule has 0 saturated heterocycles. The molecule has 1 heterocycles. The molecular weight excluding hydrogens is 236 g/mol. The molecule has 1 aromatic carbocycles. The molecule has 0 aliphatic heterocycles. The first-order chi connectivity index (χ1) is 8.28. The summed E-state index contributed by atoms with van der Waals surface area (Å²) in [5.41, 5.74) is 2.43. The van der Waals surface area contributed by atoms with Crippen LogP contribution in [0.25, 0.3) is 5.69 Å². The molecule has 0 atom stereocenters. The summed E-state index contributed by atoms with van der Waals surface area (Å²) < 4.78 is 1.73. The van der Waals surface area contributed by atoms with Gasteiger partial charge in [-0.3, -0.25) is 4.79 Å². The Balaban J connectivity index is 2.06. The van der Waals surface area contributed by atoms with Gasteiger partial charge in [0.1, 0.15) is 0 Å². The molecular formula is C13H11ClN2O. The van der Waals surface area contributed by atoms with Crippen LogP contribution < -0.4 is 0 Å². The summed E-state index contributed by atoms with van der Waals surface area (Å²) in [5.74, 6) is 0.607. The maximum absolute atomic E-state index is 11.0. The molecule has 1 aliphatic carbocycles. The number of aromatic nitrogens is 2. The largest absolute Gasteiger partial charge is 0.298 e. The van der Waals surface area contributed by atoms with Crippen LogP contribution in [0.4, 0.5) is 0 Å². The van der Waals surface area contributed by atoms with Gasteiger partial charge in [-0.05, 0) is 37.1 Å². The molecule has 86 valence electrons. The lowest BCUT2D eigenvalue weighted by molar-refractivity contribution is 0.112. The van der Waals surface area contributed by atoms with Crippen LogP contribution in [-0.4, -0.2) is 16.1 Å². The third kappa shape index (κ3) is 1.98. The fourth-order valence-corrected chi connectivity index (χ4v) is 2.05. The van der Waals surface area contributed by atoms with Crippen molar-refractivity contribution in [1.82, 2.24) is 9.78 Å². The molecule has 3 rings (SSSR count). The van der Waals surface area contributed by atoms with Crippen LogP contribution in [0.15, 0.2) is 30.5 Å². The van der Waals surface area contributed by atoms with Crippen molar-refractivity contribution in [2.45, 2.75) is 18.8 Å². The fourth-order valence-electron chi connectivity index (χ4n) is 1.88. The Morgan fingerprint density at radius 2 is 2.18 bits per heavy atom. The van der Waals surface area contributed by atoms with Gasteiger partial charge in [0.2, 0.25) is 0 Å². The third-order valence-corrected chi connectivity index (χ3v) is 3.21. The number of aldehydes is 1. The van der Waals surface area contributed by atoms with E-state index in [0.717, 1.165) is 17.7 Å². The lowest BCUT2D eigenvalue weighted by Gasteiger charge is -2.05. The number of halogens is 1. The van der Waals surface area contributed by atoms with E-state index in [9.17, 15) is 4.79 Å². The maximum Gasteiger partial charge on any atom is 0.152 e. The number of hydrogen-bond acceptors (Lipinski definition) is 2. The highest BCUT2D eigenvalue weighted by Crippen LogP contribution is 2.39. The van der Waals surface area contributed by atoms with Crippen LogP contribution in [0, 0.1) is 0 Å². The first-order valence-electron chi connectivity index (χ1n) is 5.58. The van der Waals surface area contributed by atoms with Gasteiger partial charge in [0.05, 0.1) is 11.4 Å². The van der Waals surface area contributed by atoms with Crippen LogP contribution in [0.5, 0.6) is 0 Å². The predicted molar refractivity (Wildman–Crippen MR) is 65.9 cm³/mol. The summed E-state index contributed by atoms with van der Waals surface area (Å²) in [7, 11) is 0. The summed E-state index contributed by atoms with van der Waals surface area (Å²) in [4.78, 5) is 11.0. The minimum atomic E-state index is 0.597. The molecule has 0 N–H and O–H groups in total. The van der Waals surface area contributed by atoms with Crippen molar-refractivity contribution in [1.29, 1.82) is 0 Å². The second kappa shape index (κ2) is 4.00. The topological polar surface area (TPSA) is 34.9 Å². The van der Waals surface area contributed by atoms with Gasteiger partial charge in [-0.25, -0.2) is 4.68 Å². The van der Waals surface area contributed by atoms with Gasteiger partial charge in [-0.15, -0.1) is 0 Å². The van der Waals surface area contributed by atoms with Crippen molar-refractivity contribution in [2.24, 2.45) is 0 Å². The molecule has 0 amide bonds. The van der Waals surface area contributed by atoms with E-state index in [-0.39, 0.29) is 0 Å². The lowest BCUT2D eigenvalue weighted by Crippen LogP contribution is -2.00. The van der Waals surface area contributed by atoms with E-state index < -0.39 is 0 Å². The quantitative estimate of drug-likeness (QED) is 0.780. The van der Waals surface area contributed by atoms with Crippen LogP contribution in [-0.2, 0) is 0 Å². The van der Waals surface area contributed by atoms with Gasteiger partial charge in [0.25, 0.3) is 0 Å². The number of carbonyl (C=O) groups is 1. The predicted octanol–water partition coefficient (Wildman–Crippen LogP) is 3.22. The highest BCUT2D eigenvalue weighted by atomic mass is 35.5. The van der Waals surface area contributed by atoms with Gasteiger partial charge in [0.15, 0.2) is 6.29 Å². The number of hydrogen-bond donors (Lipinski definition) is 0. The molecule has 1 aromatic heterocycles. The Hall–Kier alpha value is -1.61. The van der Waals surface area contributed by atoms with Crippen molar-refractivity contribution < 1.29 is 4.79 Å². The highest BCUT2D eigenvalue weighted by Gasteiger charge is 2.26. The molecule has 0 bridgehead atoms. The Labute approximate surface area is 104 Å². The van der Waals surface area contributed by atoms with Gasteiger partial charge in [-0.1, -0.05) is 11.6 Å². The van der Waals surface area contributed by atoms with E-state index in [1.165, 1.54) is 12.8 Å². The second-order valence-electron chi connectivity index (χ2n) is 4.28.